The van der Waals surface area contributed by atoms with Gasteiger partial charge in [-0.3, -0.25) is 14.9 Å². The number of ether oxygens (including phenoxy) is 1. The summed E-state index contributed by atoms with van der Waals surface area (Å²) in [7, 11) is 0. The molecule has 1 aromatic heterocycles. The molecular weight excluding hydrogens is 550 g/mol. The van der Waals surface area contributed by atoms with E-state index in [1.165, 1.54) is 0 Å². The van der Waals surface area contributed by atoms with Crippen LogP contribution >= 0.6 is 0 Å². The minimum Gasteiger partial charge on any atom is -0.463 e. The Labute approximate surface area is 245 Å². The van der Waals surface area contributed by atoms with Gasteiger partial charge < -0.3 is 15.0 Å². The molecule has 6 rings (SSSR count). The van der Waals surface area contributed by atoms with E-state index >= 15 is 0 Å². The van der Waals surface area contributed by atoms with Crippen LogP contribution in [0.5, 0.6) is 0 Å². The van der Waals surface area contributed by atoms with Gasteiger partial charge >= 0.3 is 6.18 Å². The van der Waals surface area contributed by atoms with Crippen molar-refractivity contribution in [3.05, 3.63) is 17.5 Å². The molecule has 4 saturated carbocycles. The minimum absolute atomic E-state index is 0.00212. The molecule has 11 heteroatoms. The first-order valence-corrected chi connectivity index (χ1v) is 16.1. The zero-order chi connectivity index (χ0) is 29.6. The number of hydrogen-bond acceptors (Lipinski definition) is 4. The second-order valence-corrected chi connectivity index (χ2v) is 13.9. The number of amidine groups is 1. The summed E-state index contributed by atoms with van der Waals surface area (Å²) in [6, 6.07) is 0.0819. The fourth-order valence-corrected chi connectivity index (χ4v) is 8.35. The van der Waals surface area contributed by atoms with Gasteiger partial charge in [-0.25, -0.2) is 4.39 Å². The average molecular weight is 596 g/mol. The molecule has 5 fully saturated rings. The molecule has 0 bridgehead atoms. The van der Waals surface area contributed by atoms with Gasteiger partial charge in [0.1, 0.15) is 12.8 Å². The van der Waals surface area contributed by atoms with Crippen LogP contribution in [0.3, 0.4) is 0 Å². The first kappa shape index (κ1) is 29.7. The van der Waals surface area contributed by atoms with Gasteiger partial charge in [0.25, 0.3) is 6.02 Å². The molecule has 7 nitrogen and oxygen atoms in total. The number of hydrogen-bond donors (Lipinski definition) is 2. The highest BCUT2D eigenvalue weighted by atomic mass is 19.4. The predicted molar refractivity (Wildman–Crippen MR) is 150 cm³/mol. The molecule has 1 amide bonds. The van der Waals surface area contributed by atoms with Crippen molar-refractivity contribution in [1.82, 2.24) is 20.0 Å². The zero-order valence-electron chi connectivity index (χ0n) is 24.6. The van der Waals surface area contributed by atoms with E-state index in [0.717, 1.165) is 51.4 Å². The fourth-order valence-electron chi connectivity index (χ4n) is 8.35. The summed E-state index contributed by atoms with van der Waals surface area (Å²) in [5.74, 6) is -0.409. The molecule has 6 unspecified atom stereocenters. The molecule has 4 aliphatic carbocycles. The Bertz CT molecular complexity index is 1130. The molecule has 1 aliphatic heterocycles. The highest BCUT2D eigenvalue weighted by Crippen LogP contribution is 2.46. The Balaban J connectivity index is 1.24. The van der Waals surface area contributed by atoms with Crippen molar-refractivity contribution in [3.63, 3.8) is 0 Å². The van der Waals surface area contributed by atoms with Crippen LogP contribution in [0.2, 0.25) is 0 Å². The van der Waals surface area contributed by atoms with Gasteiger partial charge in [0.15, 0.2) is 5.69 Å². The van der Waals surface area contributed by atoms with Gasteiger partial charge in [0.05, 0.1) is 12.6 Å². The van der Waals surface area contributed by atoms with Crippen molar-refractivity contribution in [1.29, 1.82) is 5.41 Å². The number of halogens is 4. The van der Waals surface area contributed by atoms with E-state index in [4.69, 9.17) is 10.1 Å². The second-order valence-electron chi connectivity index (χ2n) is 13.9. The molecule has 0 radical (unpaired) electrons. The molecule has 2 N–H and O–H groups in total. The van der Waals surface area contributed by atoms with Crippen molar-refractivity contribution in [3.8, 4) is 0 Å². The largest absolute Gasteiger partial charge is 0.463 e. The lowest BCUT2D eigenvalue weighted by atomic mass is 9.71. The molecule has 1 saturated heterocycles. The first-order valence-electron chi connectivity index (χ1n) is 16.1. The van der Waals surface area contributed by atoms with Gasteiger partial charge in [0, 0.05) is 30.3 Å². The van der Waals surface area contributed by atoms with Crippen molar-refractivity contribution in [2.24, 2.45) is 29.6 Å². The Kier molecular flexibility index (Phi) is 8.48. The van der Waals surface area contributed by atoms with Crippen LogP contribution in [-0.4, -0.2) is 58.5 Å². The highest BCUT2D eigenvalue weighted by molar-refractivity contribution is 5.79. The summed E-state index contributed by atoms with van der Waals surface area (Å²) in [4.78, 5) is 15.8. The number of nitrogens with zero attached hydrogens (tertiary/aromatic N) is 3. The standard InChI is InChI=1S/C31H45F4N5O2/c1-18-12-21(8-9-26(18)32)27(20-6-7-20)37-29(41)23-14-19(16-39-10-11-42-30(39)36)13-22(15-23)25-17-40(24-4-2-3-5-24)38-28(25)31(33,34)35/h17-24,26-27,36H,2-16H2,1H3,(H,37,41)/t18?,19?,21?,22?,23?,26?,27-/m0/s1. The van der Waals surface area contributed by atoms with Crippen molar-refractivity contribution in [2.45, 2.75) is 114 Å². The quantitative estimate of drug-likeness (QED) is 0.338. The van der Waals surface area contributed by atoms with E-state index in [1.807, 2.05) is 11.8 Å². The Morgan fingerprint density at radius 2 is 1.83 bits per heavy atom. The van der Waals surface area contributed by atoms with Crippen LogP contribution in [0.4, 0.5) is 17.6 Å². The Hall–Kier alpha value is -2.33. The number of aromatic nitrogens is 2. The summed E-state index contributed by atoms with van der Waals surface area (Å²) in [5, 5.41) is 15.6. The summed E-state index contributed by atoms with van der Waals surface area (Å²) >= 11 is 0. The van der Waals surface area contributed by atoms with Crippen LogP contribution in [0.15, 0.2) is 6.20 Å². The number of carbonyl (C=O) groups excluding carboxylic acids is 1. The SMILES string of the molecule is CC1CC([C@@H](NC(=O)C2CC(CN3CCOC3=N)CC(c3cn(C4CCCC4)nc3C(F)(F)F)C2)C2CC2)CCC1F. The van der Waals surface area contributed by atoms with E-state index in [-0.39, 0.29) is 47.3 Å². The molecule has 2 heterocycles. The fraction of sp³-hybridized carbons (Fsp3) is 0.839. The van der Waals surface area contributed by atoms with Gasteiger partial charge in [-0.15, -0.1) is 0 Å². The number of carbonyl (C=O) groups is 1. The number of rotatable bonds is 8. The average Bonchev–Trinajstić information content (AvgIpc) is 3.29. The van der Waals surface area contributed by atoms with Gasteiger partial charge in [-0.1, -0.05) is 19.8 Å². The van der Waals surface area contributed by atoms with E-state index in [9.17, 15) is 22.4 Å². The summed E-state index contributed by atoms with van der Waals surface area (Å²) in [6.45, 7) is 3.43. The lowest BCUT2D eigenvalue weighted by molar-refractivity contribution is -0.142. The van der Waals surface area contributed by atoms with Gasteiger partial charge in [-0.2, -0.15) is 18.3 Å². The van der Waals surface area contributed by atoms with Crippen molar-refractivity contribution >= 4 is 11.9 Å². The van der Waals surface area contributed by atoms with Crippen LogP contribution in [0, 0.1) is 35.0 Å². The maximum Gasteiger partial charge on any atom is 0.435 e. The van der Waals surface area contributed by atoms with Crippen LogP contribution in [-0.2, 0) is 15.7 Å². The van der Waals surface area contributed by atoms with Crippen LogP contribution in [0.1, 0.15) is 107 Å². The molecule has 1 aromatic rings. The van der Waals surface area contributed by atoms with Crippen molar-refractivity contribution < 1.29 is 27.1 Å². The highest BCUT2D eigenvalue weighted by Gasteiger charge is 2.45. The first-order chi connectivity index (χ1) is 20.1. The number of alkyl halides is 4. The van der Waals surface area contributed by atoms with Crippen molar-refractivity contribution in [2.75, 3.05) is 19.7 Å². The maximum absolute atomic E-state index is 14.3. The monoisotopic (exact) mass is 595 g/mol. The Morgan fingerprint density at radius 1 is 1.10 bits per heavy atom. The van der Waals surface area contributed by atoms with E-state index < -0.39 is 29.9 Å². The minimum atomic E-state index is -4.57. The number of nitrogens with one attached hydrogen (secondary N) is 2. The third kappa shape index (κ3) is 6.44. The summed E-state index contributed by atoms with van der Waals surface area (Å²) in [5.41, 5.74) is -0.609. The molecule has 42 heavy (non-hydrogen) atoms. The molecule has 7 atom stereocenters. The lowest BCUT2D eigenvalue weighted by Gasteiger charge is -2.39. The molecule has 234 valence electrons. The summed E-state index contributed by atoms with van der Waals surface area (Å²) < 4.78 is 64.1. The second kappa shape index (κ2) is 12.0. The predicted octanol–water partition coefficient (Wildman–Crippen LogP) is 6.45. The van der Waals surface area contributed by atoms with Gasteiger partial charge in [0.2, 0.25) is 5.91 Å². The molecule has 0 spiro atoms. The van der Waals surface area contributed by atoms with E-state index in [2.05, 4.69) is 10.4 Å². The molecule has 0 aromatic carbocycles. The van der Waals surface area contributed by atoms with E-state index in [0.29, 0.717) is 51.3 Å². The van der Waals surface area contributed by atoms with Crippen LogP contribution in [0.25, 0.3) is 0 Å². The topological polar surface area (TPSA) is 83.2 Å². The number of amides is 1. The molecular formula is C31H45F4N5O2. The Morgan fingerprint density at radius 3 is 2.48 bits per heavy atom. The third-order valence-electron chi connectivity index (χ3n) is 10.8. The smallest absolute Gasteiger partial charge is 0.435 e. The summed E-state index contributed by atoms with van der Waals surface area (Å²) in [6.07, 6.45) is 5.47. The third-order valence-corrected chi connectivity index (χ3v) is 10.8. The zero-order valence-corrected chi connectivity index (χ0v) is 24.6. The molecule has 5 aliphatic rings. The van der Waals surface area contributed by atoms with Gasteiger partial charge in [-0.05, 0) is 93.8 Å². The normalized spacial score (nSPS) is 33.5. The van der Waals surface area contributed by atoms with E-state index in [1.54, 1.807) is 10.9 Å². The van der Waals surface area contributed by atoms with Crippen LogP contribution < -0.4 is 5.32 Å². The lowest BCUT2D eigenvalue weighted by Crippen LogP contribution is -2.48. The maximum atomic E-state index is 14.3.